The first-order valence-electron chi connectivity index (χ1n) is 9.69. The first kappa shape index (κ1) is 23.3. The zero-order chi connectivity index (χ0) is 19.2. The van der Waals surface area contributed by atoms with Crippen LogP contribution in [0, 0.1) is 5.92 Å². The molecule has 1 aromatic carbocycles. The molecule has 8 heteroatoms. The lowest BCUT2D eigenvalue weighted by molar-refractivity contribution is -0.126. The van der Waals surface area contributed by atoms with Gasteiger partial charge in [0, 0.05) is 41.6 Å². The van der Waals surface area contributed by atoms with Gasteiger partial charge >= 0.3 is 0 Å². The van der Waals surface area contributed by atoms with Crippen LogP contribution < -0.4 is 20.7 Å². The Hall–Kier alpha value is -1.03. The summed E-state index contributed by atoms with van der Waals surface area (Å²) in [5.41, 5.74) is 1.06. The minimum atomic E-state index is 0. The molecule has 2 aliphatic carbocycles. The molecule has 2 fully saturated rings. The molecule has 0 radical (unpaired) electrons. The summed E-state index contributed by atoms with van der Waals surface area (Å²) in [7, 11) is 3.45. The smallest absolute Gasteiger partial charge is 0.223 e. The molecule has 3 rings (SSSR count). The van der Waals surface area contributed by atoms with Gasteiger partial charge in [-0.05, 0) is 50.3 Å². The van der Waals surface area contributed by atoms with Gasteiger partial charge < -0.3 is 20.7 Å². The van der Waals surface area contributed by atoms with E-state index in [4.69, 9.17) is 4.74 Å². The molecular formula is C20H30BrIN4O2. The molecule has 3 N–H and O–H groups in total. The molecular weight excluding hydrogens is 535 g/mol. The van der Waals surface area contributed by atoms with Crippen molar-refractivity contribution in [3.05, 3.63) is 28.2 Å². The van der Waals surface area contributed by atoms with Gasteiger partial charge in [-0.2, -0.15) is 0 Å². The fourth-order valence-electron chi connectivity index (χ4n) is 3.56. The third-order valence-corrected chi connectivity index (χ3v) is 5.72. The molecule has 0 aromatic heterocycles. The second-order valence-corrected chi connectivity index (χ2v) is 8.29. The van der Waals surface area contributed by atoms with E-state index in [0.717, 1.165) is 60.3 Å². The largest absolute Gasteiger partial charge is 0.496 e. The van der Waals surface area contributed by atoms with Gasteiger partial charge in [-0.1, -0.05) is 22.4 Å². The number of hydrogen-bond donors (Lipinski definition) is 3. The molecule has 0 heterocycles. The monoisotopic (exact) mass is 564 g/mol. The highest BCUT2D eigenvalue weighted by atomic mass is 127. The van der Waals surface area contributed by atoms with E-state index in [1.165, 1.54) is 0 Å². The van der Waals surface area contributed by atoms with E-state index in [9.17, 15) is 4.79 Å². The fourth-order valence-corrected chi connectivity index (χ4v) is 3.97. The van der Waals surface area contributed by atoms with Gasteiger partial charge in [0.15, 0.2) is 5.96 Å². The third kappa shape index (κ3) is 6.79. The van der Waals surface area contributed by atoms with E-state index >= 15 is 0 Å². The molecule has 6 nitrogen and oxygen atoms in total. The van der Waals surface area contributed by atoms with Crippen LogP contribution in [-0.2, 0) is 11.3 Å². The van der Waals surface area contributed by atoms with Gasteiger partial charge in [0.1, 0.15) is 5.75 Å². The topological polar surface area (TPSA) is 74.8 Å². The molecule has 0 bridgehead atoms. The van der Waals surface area contributed by atoms with Crippen molar-refractivity contribution in [2.75, 3.05) is 14.2 Å². The summed E-state index contributed by atoms with van der Waals surface area (Å²) in [6.45, 7) is 0.612. The van der Waals surface area contributed by atoms with Crippen LogP contribution in [0.15, 0.2) is 27.7 Å². The van der Waals surface area contributed by atoms with Gasteiger partial charge in [0.25, 0.3) is 0 Å². The van der Waals surface area contributed by atoms with Gasteiger partial charge in [-0.3, -0.25) is 9.79 Å². The normalized spacial score (nSPS) is 22.0. The number of ether oxygens (including phenoxy) is 1. The van der Waals surface area contributed by atoms with Crippen LogP contribution in [0.5, 0.6) is 5.75 Å². The molecule has 156 valence electrons. The van der Waals surface area contributed by atoms with Gasteiger partial charge in [-0.15, -0.1) is 24.0 Å². The van der Waals surface area contributed by atoms with E-state index in [-0.39, 0.29) is 41.8 Å². The number of hydrogen-bond acceptors (Lipinski definition) is 3. The maximum atomic E-state index is 12.4. The predicted molar refractivity (Wildman–Crippen MR) is 126 cm³/mol. The SMILES string of the molecule is CN=C(NCc1cc(Br)ccc1OC)NC1CCCC(C(=O)NC2CC2)C1.I. The lowest BCUT2D eigenvalue weighted by atomic mass is 9.85. The lowest BCUT2D eigenvalue weighted by Gasteiger charge is -2.30. The summed E-state index contributed by atoms with van der Waals surface area (Å²) in [5, 5.41) is 9.99. The van der Waals surface area contributed by atoms with Crippen LogP contribution in [0.1, 0.15) is 44.1 Å². The summed E-state index contributed by atoms with van der Waals surface area (Å²) >= 11 is 3.50. The highest BCUT2D eigenvalue weighted by Crippen LogP contribution is 2.27. The Labute approximate surface area is 192 Å². The number of guanidine groups is 1. The maximum Gasteiger partial charge on any atom is 0.223 e. The minimum absolute atomic E-state index is 0. The highest BCUT2D eigenvalue weighted by molar-refractivity contribution is 14.0. The Balaban J connectivity index is 0.00000280. The van der Waals surface area contributed by atoms with Crippen molar-refractivity contribution in [1.29, 1.82) is 0 Å². The van der Waals surface area contributed by atoms with Crippen molar-refractivity contribution in [3.63, 3.8) is 0 Å². The van der Waals surface area contributed by atoms with Crippen molar-refractivity contribution in [3.8, 4) is 5.75 Å². The first-order valence-corrected chi connectivity index (χ1v) is 10.5. The number of aliphatic imine (C=N–C) groups is 1. The standard InChI is InChI=1S/C20H29BrN4O2.HI/c1-22-20(23-12-14-10-15(21)6-9-18(14)27-2)25-17-5-3-4-13(11-17)19(26)24-16-7-8-16;/h6,9-10,13,16-17H,3-5,7-8,11-12H2,1-2H3,(H,24,26)(H2,22,23,25);1H. The number of halogens is 2. The summed E-state index contributed by atoms with van der Waals surface area (Å²) < 4.78 is 6.44. The summed E-state index contributed by atoms with van der Waals surface area (Å²) in [6.07, 6.45) is 6.24. The number of nitrogens with zero attached hydrogens (tertiary/aromatic N) is 1. The predicted octanol–water partition coefficient (Wildman–Crippen LogP) is 3.58. The van der Waals surface area contributed by atoms with Crippen LogP contribution in [0.4, 0.5) is 0 Å². The Morgan fingerprint density at radius 3 is 2.68 bits per heavy atom. The Bertz CT molecular complexity index is 697. The minimum Gasteiger partial charge on any atom is -0.496 e. The molecule has 1 aromatic rings. The molecule has 2 unspecified atom stereocenters. The van der Waals surface area contributed by atoms with Crippen LogP contribution in [0.2, 0.25) is 0 Å². The van der Waals surface area contributed by atoms with Crippen molar-refractivity contribution < 1.29 is 9.53 Å². The number of rotatable bonds is 6. The van der Waals surface area contributed by atoms with E-state index in [0.29, 0.717) is 12.6 Å². The molecule has 0 spiro atoms. The number of nitrogens with one attached hydrogen (secondary N) is 3. The van der Waals surface area contributed by atoms with Crippen LogP contribution in [0.25, 0.3) is 0 Å². The molecule has 2 aliphatic rings. The number of methoxy groups -OCH3 is 1. The van der Waals surface area contributed by atoms with E-state index in [2.05, 4.69) is 36.9 Å². The number of carbonyl (C=O) groups is 1. The highest BCUT2D eigenvalue weighted by Gasteiger charge is 2.31. The molecule has 1 amide bonds. The van der Waals surface area contributed by atoms with Crippen molar-refractivity contribution in [1.82, 2.24) is 16.0 Å². The van der Waals surface area contributed by atoms with E-state index in [1.807, 2.05) is 18.2 Å². The molecule has 2 saturated carbocycles. The van der Waals surface area contributed by atoms with Gasteiger partial charge in [-0.25, -0.2) is 0 Å². The van der Waals surface area contributed by atoms with Crippen LogP contribution in [0.3, 0.4) is 0 Å². The average Bonchev–Trinajstić information content (AvgIpc) is 3.49. The average molecular weight is 565 g/mol. The number of benzene rings is 1. The second kappa shape index (κ2) is 11.2. The van der Waals surface area contributed by atoms with Crippen molar-refractivity contribution >= 4 is 51.8 Å². The van der Waals surface area contributed by atoms with Gasteiger partial charge in [0.05, 0.1) is 7.11 Å². The zero-order valence-corrected chi connectivity index (χ0v) is 20.4. The zero-order valence-electron chi connectivity index (χ0n) is 16.5. The van der Waals surface area contributed by atoms with Gasteiger partial charge in [0.2, 0.25) is 5.91 Å². The van der Waals surface area contributed by atoms with Crippen molar-refractivity contribution in [2.45, 2.75) is 57.2 Å². The fraction of sp³-hybridized carbons (Fsp3) is 0.600. The lowest BCUT2D eigenvalue weighted by Crippen LogP contribution is -2.47. The quantitative estimate of drug-likeness (QED) is 0.280. The summed E-state index contributed by atoms with van der Waals surface area (Å²) in [6, 6.07) is 6.65. The third-order valence-electron chi connectivity index (χ3n) is 5.22. The second-order valence-electron chi connectivity index (χ2n) is 7.37. The summed E-state index contributed by atoms with van der Waals surface area (Å²) in [4.78, 5) is 16.7. The van der Waals surface area contributed by atoms with E-state index in [1.54, 1.807) is 14.2 Å². The molecule has 28 heavy (non-hydrogen) atoms. The van der Waals surface area contributed by atoms with Crippen LogP contribution in [-0.4, -0.2) is 38.1 Å². The first-order chi connectivity index (χ1) is 13.1. The molecule has 0 saturated heterocycles. The number of amides is 1. The molecule has 0 aliphatic heterocycles. The van der Waals surface area contributed by atoms with Crippen molar-refractivity contribution in [2.24, 2.45) is 10.9 Å². The Morgan fingerprint density at radius 2 is 2.00 bits per heavy atom. The maximum absolute atomic E-state index is 12.4. The van der Waals surface area contributed by atoms with Crippen LogP contribution >= 0.6 is 39.9 Å². The van der Waals surface area contributed by atoms with E-state index < -0.39 is 0 Å². The summed E-state index contributed by atoms with van der Waals surface area (Å²) in [5.74, 6) is 1.94. The number of carbonyl (C=O) groups excluding carboxylic acids is 1. The Morgan fingerprint density at radius 1 is 1.21 bits per heavy atom. The molecule has 2 atom stereocenters. The Kier molecular flexibility index (Phi) is 9.33.